The number of hydrogen-bond acceptors (Lipinski definition) is 4. The molecule has 0 bridgehead atoms. The van der Waals surface area contributed by atoms with Crippen molar-refractivity contribution in [3.63, 3.8) is 0 Å². The van der Waals surface area contributed by atoms with Crippen LogP contribution in [0.3, 0.4) is 0 Å². The van der Waals surface area contributed by atoms with Crippen LogP contribution in [-0.2, 0) is 16.6 Å². The molecule has 1 aromatic carbocycles. The molecule has 0 atom stereocenters. The fourth-order valence-electron chi connectivity index (χ4n) is 1.49. The minimum Gasteiger partial charge on any atom is -0.446 e. The Bertz CT molecular complexity index is 723. The van der Waals surface area contributed by atoms with E-state index in [2.05, 4.69) is 21.2 Å². The van der Waals surface area contributed by atoms with Gasteiger partial charge in [-0.2, -0.15) is 0 Å². The average Bonchev–Trinajstić information content (AvgIpc) is 2.75. The zero-order valence-corrected chi connectivity index (χ0v) is 13.8. The first-order chi connectivity index (χ1) is 9.27. The Hall–Kier alpha value is -0.730. The summed E-state index contributed by atoms with van der Waals surface area (Å²) in [5.74, 6) is 0.393. The van der Waals surface area contributed by atoms with Crippen LogP contribution in [0.15, 0.2) is 38.2 Å². The maximum atomic E-state index is 11.1. The number of anilines is 1. The maximum Gasteiger partial charge on any atom is 0.271 e. The standard InChI is InChI=1S/C11H9BrCl2N2O3S/c12-6-3-8(13)11(9(14)4-6)16-5-7-1-2-10(19-7)20(15,17)18/h1-4,16H,5H2,(H2,15,17,18). The number of hydrogen-bond donors (Lipinski definition) is 2. The summed E-state index contributed by atoms with van der Waals surface area (Å²) in [6, 6.07) is 6.17. The van der Waals surface area contributed by atoms with E-state index >= 15 is 0 Å². The van der Waals surface area contributed by atoms with E-state index in [0.717, 1.165) is 4.47 Å². The molecule has 1 aromatic heterocycles. The van der Waals surface area contributed by atoms with Crippen molar-refractivity contribution in [3.8, 4) is 0 Å². The minimum atomic E-state index is -3.84. The van der Waals surface area contributed by atoms with Gasteiger partial charge in [-0.25, -0.2) is 13.6 Å². The second kappa shape index (κ2) is 5.95. The van der Waals surface area contributed by atoms with Gasteiger partial charge in [0.05, 0.1) is 22.3 Å². The molecule has 3 N–H and O–H groups in total. The predicted octanol–water partition coefficient (Wildman–Crippen LogP) is 3.61. The molecule has 0 aliphatic rings. The van der Waals surface area contributed by atoms with Gasteiger partial charge in [-0.15, -0.1) is 0 Å². The van der Waals surface area contributed by atoms with E-state index in [-0.39, 0.29) is 11.6 Å². The van der Waals surface area contributed by atoms with Crippen LogP contribution < -0.4 is 10.5 Å². The van der Waals surface area contributed by atoms with Crippen LogP contribution in [0.4, 0.5) is 5.69 Å². The SMILES string of the molecule is NS(=O)(=O)c1ccc(CNc2c(Cl)cc(Br)cc2Cl)o1. The molecule has 2 rings (SSSR count). The van der Waals surface area contributed by atoms with Gasteiger partial charge >= 0.3 is 0 Å². The molecule has 0 unspecified atom stereocenters. The van der Waals surface area contributed by atoms with Crippen molar-refractivity contribution in [3.05, 3.63) is 44.5 Å². The van der Waals surface area contributed by atoms with Gasteiger partial charge in [-0.1, -0.05) is 39.1 Å². The predicted molar refractivity (Wildman–Crippen MR) is 81.6 cm³/mol. The van der Waals surface area contributed by atoms with Crippen molar-refractivity contribution in [2.24, 2.45) is 5.14 Å². The lowest BCUT2D eigenvalue weighted by molar-refractivity contribution is 0.419. The number of furan rings is 1. The Morgan fingerprint density at radius 3 is 2.35 bits per heavy atom. The van der Waals surface area contributed by atoms with E-state index in [1.165, 1.54) is 12.1 Å². The molecule has 0 aliphatic heterocycles. The molecule has 9 heteroatoms. The highest BCUT2D eigenvalue weighted by Gasteiger charge is 2.14. The summed E-state index contributed by atoms with van der Waals surface area (Å²) < 4.78 is 28.0. The van der Waals surface area contributed by atoms with E-state index in [1.54, 1.807) is 12.1 Å². The van der Waals surface area contributed by atoms with Gasteiger partial charge in [0.2, 0.25) is 5.09 Å². The van der Waals surface area contributed by atoms with E-state index in [9.17, 15) is 8.42 Å². The van der Waals surface area contributed by atoms with Gasteiger partial charge in [0, 0.05) is 4.47 Å². The maximum absolute atomic E-state index is 11.1. The second-order valence-corrected chi connectivity index (χ2v) is 7.09. The highest BCUT2D eigenvalue weighted by molar-refractivity contribution is 9.10. The van der Waals surface area contributed by atoms with Crippen LogP contribution >= 0.6 is 39.1 Å². The Morgan fingerprint density at radius 2 is 1.85 bits per heavy atom. The highest BCUT2D eigenvalue weighted by Crippen LogP contribution is 2.34. The number of halogens is 3. The molecule has 20 heavy (non-hydrogen) atoms. The smallest absolute Gasteiger partial charge is 0.271 e. The van der Waals surface area contributed by atoms with E-state index in [0.29, 0.717) is 21.5 Å². The van der Waals surface area contributed by atoms with Crippen molar-refractivity contribution < 1.29 is 12.8 Å². The number of primary sulfonamides is 1. The molecule has 5 nitrogen and oxygen atoms in total. The van der Waals surface area contributed by atoms with Crippen LogP contribution in [0, 0.1) is 0 Å². The second-order valence-electron chi connectivity index (χ2n) is 3.86. The number of nitrogens with one attached hydrogen (secondary N) is 1. The zero-order chi connectivity index (χ0) is 14.9. The lowest BCUT2D eigenvalue weighted by Gasteiger charge is -2.09. The van der Waals surface area contributed by atoms with Crippen LogP contribution in [0.1, 0.15) is 5.76 Å². The summed E-state index contributed by atoms with van der Waals surface area (Å²) in [5.41, 5.74) is 0.532. The van der Waals surface area contributed by atoms with Crippen LogP contribution in [0.2, 0.25) is 10.0 Å². The lowest BCUT2D eigenvalue weighted by atomic mass is 10.3. The van der Waals surface area contributed by atoms with Crippen LogP contribution in [-0.4, -0.2) is 8.42 Å². The number of benzene rings is 1. The van der Waals surface area contributed by atoms with Crippen molar-refractivity contribution in [2.75, 3.05) is 5.32 Å². The number of sulfonamides is 1. The molecule has 0 saturated carbocycles. The molecule has 0 amide bonds. The molecule has 0 saturated heterocycles. The number of rotatable bonds is 4. The van der Waals surface area contributed by atoms with Gasteiger partial charge in [-0.05, 0) is 24.3 Å². The summed E-state index contributed by atoms with van der Waals surface area (Å²) in [6.45, 7) is 0.219. The first-order valence-corrected chi connectivity index (χ1v) is 8.37. The topological polar surface area (TPSA) is 85.3 Å². The Kier molecular flexibility index (Phi) is 4.66. The summed E-state index contributed by atoms with van der Waals surface area (Å²) in [6.07, 6.45) is 0. The highest BCUT2D eigenvalue weighted by atomic mass is 79.9. The largest absolute Gasteiger partial charge is 0.446 e. The third kappa shape index (κ3) is 3.67. The third-order valence-corrected chi connectivity index (χ3v) is 4.20. The van der Waals surface area contributed by atoms with E-state index in [1.807, 2.05) is 0 Å². The molecule has 1 heterocycles. The molecule has 0 fully saturated rings. The summed E-state index contributed by atoms with van der Waals surface area (Å²) >= 11 is 15.4. The van der Waals surface area contributed by atoms with Crippen molar-refractivity contribution >= 4 is 54.8 Å². The average molecular weight is 400 g/mol. The first kappa shape index (κ1) is 15.7. The lowest BCUT2D eigenvalue weighted by Crippen LogP contribution is -2.10. The van der Waals surface area contributed by atoms with Gasteiger partial charge < -0.3 is 9.73 Å². The van der Waals surface area contributed by atoms with Gasteiger partial charge in [0.1, 0.15) is 5.76 Å². The molecule has 2 aromatic rings. The van der Waals surface area contributed by atoms with Gasteiger partial charge in [-0.3, -0.25) is 0 Å². The minimum absolute atomic E-state index is 0.219. The summed E-state index contributed by atoms with van der Waals surface area (Å²) in [4.78, 5) is 0. The monoisotopic (exact) mass is 398 g/mol. The fourth-order valence-corrected chi connectivity index (χ4v) is 3.32. The number of nitrogens with two attached hydrogens (primary N) is 1. The molecule has 0 spiro atoms. The molecule has 108 valence electrons. The Labute approximate surface area is 134 Å². The van der Waals surface area contributed by atoms with Crippen molar-refractivity contribution in [1.29, 1.82) is 0 Å². The fraction of sp³-hybridized carbons (Fsp3) is 0.0909. The first-order valence-electron chi connectivity index (χ1n) is 5.27. The van der Waals surface area contributed by atoms with Crippen LogP contribution in [0.25, 0.3) is 0 Å². The Balaban J connectivity index is 2.16. The van der Waals surface area contributed by atoms with Crippen molar-refractivity contribution in [2.45, 2.75) is 11.6 Å². The van der Waals surface area contributed by atoms with Crippen LogP contribution in [0.5, 0.6) is 0 Å². The zero-order valence-electron chi connectivity index (χ0n) is 9.86. The third-order valence-electron chi connectivity index (χ3n) is 2.36. The molecule has 0 radical (unpaired) electrons. The normalized spacial score (nSPS) is 11.6. The quantitative estimate of drug-likeness (QED) is 0.822. The van der Waals surface area contributed by atoms with Crippen molar-refractivity contribution in [1.82, 2.24) is 0 Å². The van der Waals surface area contributed by atoms with Gasteiger partial charge in [0.15, 0.2) is 0 Å². The Morgan fingerprint density at radius 1 is 1.25 bits per heavy atom. The summed E-state index contributed by atoms with van der Waals surface area (Å²) in [7, 11) is -3.84. The van der Waals surface area contributed by atoms with E-state index < -0.39 is 10.0 Å². The molecule has 0 aliphatic carbocycles. The summed E-state index contributed by atoms with van der Waals surface area (Å²) in [5, 5.41) is 8.50. The molecular weight excluding hydrogens is 391 g/mol. The van der Waals surface area contributed by atoms with E-state index in [4.69, 9.17) is 32.8 Å². The molecular formula is C11H9BrCl2N2O3S. The van der Waals surface area contributed by atoms with Gasteiger partial charge in [0.25, 0.3) is 10.0 Å².